The maximum Gasteiger partial charge on any atom is 0.270 e. The minimum Gasteiger partial charge on any atom is -0.493 e. The first-order valence-electron chi connectivity index (χ1n) is 10.3. The van der Waals surface area contributed by atoms with E-state index in [1.54, 1.807) is 36.4 Å². The van der Waals surface area contributed by atoms with E-state index in [-0.39, 0.29) is 55.4 Å². The third-order valence-electron chi connectivity index (χ3n) is 5.11. The summed E-state index contributed by atoms with van der Waals surface area (Å²) in [5.41, 5.74) is 0.992. The van der Waals surface area contributed by atoms with Gasteiger partial charge in [-0.1, -0.05) is 53.0 Å². The molecule has 184 valence electrons. The molecule has 1 heterocycles. The van der Waals surface area contributed by atoms with Gasteiger partial charge in [-0.15, -0.1) is 0 Å². The fourth-order valence-corrected chi connectivity index (χ4v) is 4.38. The topological polar surface area (TPSA) is 67.9 Å². The van der Waals surface area contributed by atoms with Crippen LogP contribution >= 0.6 is 47.0 Å². The van der Waals surface area contributed by atoms with Crippen LogP contribution in [0.3, 0.4) is 0 Å². The van der Waals surface area contributed by atoms with Crippen LogP contribution in [0, 0.1) is 5.82 Å². The molecule has 0 aliphatic carbocycles. The Bertz CT molecular complexity index is 1430. The molecule has 0 atom stereocenters. The summed E-state index contributed by atoms with van der Waals surface area (Å²) in [6.07, 6.45) is 1.34. The van der Waals surface area contributed by atoms with Gasteiger partial charge in [0.25, 0.3) is 11.8 Å². The smallest absolute Gasteiger partial charge is 0.270 e. The Kier molecular flexibility index (Phi) is 7.80. The van der Waals surface area contributed by atoms with Crippen molar-refractivity contribution in [2.24, 2.45) is 0 Å². The van der Waals surface area contributed by atoms with Crippen molar-refractivity contribution in [2.45, 2.75) is 6.61 Å². The van der Waals surface area contributed by atoms with Gasteiger partial charge in [-0.05, 0) is 65.8 Å². The van der Waals surface area contributed by atoms with Crippen molar-refractivity contribution < 1.29 is 23.5 Å². The molecule has 0 bridgehead atoms. The number of nitrogens with one attached hydrogen (secondary N) is 1. The van der Waals surface area contributed by atoms with Crippen molar-refractivity contribution >= 4 is 75.7 Å². The summed E-state index contributed by atoms with van der Waals surface area (Å²) in [7, 11) is 1.41. The van der Waals surface area contributed by atoms with Crippen LogP contribution in [-0.4, -0.2) is 24.0 Å². The summed E-state index contributed by atoms with van der Waals surface area (Å²) in [6, 6.07) is 13.7. The third-order valence-corrected chi connectivity index (χ3v) is 6.48. The number of amides is 2. The molecule has 6 nitrogen and oxygen atoms in total. The third kappa shape index (κ3) is 5.32. The van der Waals surface area contributed by atoms with Gasteiger partial charge in [0.1, 0.15) is 18.0 Å². The number of ether oxygens (including phenoxy) is 2. The highest BCUT2D eigenvalue weighted by atomic mass is 35.5. The summed E-state index contributed by atoms with van der Waals surface area (Å²) in [5.74, 6) is -1.31. The normalized spacial score (nSPS) is 14.8. The van der Waals surface area contributed by atoms with Crippen LogP contribution < -0.4 is 19.7 Å². The van der Waals surface area contributed by atoms with Gasteiger partial charge in [0.2, 0.25) is 0 Å². The molecule has 1 fully saturated rings. The molecular weight excluding hydrogens is 550 g/mol. The van der Waals surface area contributed by atoms with Crippen LogP contribution in [0.2, 0.25) is 15.1 Å². The van der Waals surface area contributed by atoms with Crippen LogP contribution in [-0.2, 0) is 16.2 Å². The fraction of sp³-hybridized carbons (Fsp3) is 0.0800. The number of benzene rings is 3. The van der Waals surface area contributed by atoms with Crippen molar-refractivity contribution in [1.82, 2.24) is 5.32 Å². The Morgan fingerprint density at radius 3 is 2.53 bits per heavy atom. The number of nitrogens with zero attached hydrogens (tertiary/aromatic N) is 1. The van der Waals surface area contributed by atoms with E-state index in [1.165, 1.54) is 31.4 Å². The minimum absolute atomic E-state index is 0.0436. The number of hydrogen-bond acceptors (Lipinski definition) is 5. The molecule has 0 radical (unpaired) electrons. The number of methoxy groups -OCH3 is 1. The van der Waals surface area contributed by atoms with Crippen LogP contribution in [0.25, 0.3) is 6.08 Å². The fourth-order valence-electron chi connectivity index (χ4n) is 3.45. The number of carbonyl (C=O) groups is 2. The van der Waals surface area contributed by atoms with Gasteiger partial charge in [0.05, 0.1) is 27.9 Å². The maximum atomic E-state index is 13.5. The molecule has 2 amide bonds. The number of halogens is 4. The van der Waals surface area contributed by atoms with E-state index in [0.29, 0.717) is 11.1 Å². The number of rotatable bonds is 6. The molecule has 0 spiro atoms. The first-order chi connectivity index (χ1) is 17.2. The molecule has 0 saturated carbocycles. The van der Waals surface area contributed by atoms with Crippen LogP contribution in [0.5, 0.6) is 11.5 Å². The van der Waals surface area contributed by atoms with Gasteiger partial charge in [0.15, 0.2) is 16.6 Å². The van der Waals surface area contributed by atoms with Gasteiger partial charge in [-0.2, -0.15) is 0 Å². The monoisotopic (exact) mass is 564 g/mol. The number of carbonyl (C=O) groups excluding carboxylic acids is 2. The minimum atomic E-state index is -0.700. The van der Waals surface area contributed by atoms with E-state index in [4.69, 9.17) is 56.5 Å². The summed E-state index contributed by atoms with van der Waals surface area (Å²) in [4.78, 5) is 27.0. The second kappa shape index (κ2) is 10.8. The molecule has 0 unspecified atom stereocenters. The lowest BCUT2D eigenvalue weighted by molar-refractivity contribution is -0.122. The largest absolute Gasteiger partial charge is 0.493 e. The van der Waals surface area contributed by atoms with E-state index >= 15 is 0 Å². The number of hydrogen-bond donors (Lipinski definition) is 1. The first kappa shape index (κ1) is 25.9. The summed E-state index contributed by atoms with van der Waals surface area (Å²) < 4.78 is 24.6. The summed E-state index contributed by atoms with van der Waals surface area (Å²) in [6.45, 7) is 0.0436. The Balaban J connectivity index is 1.66. The zero-order chi connectivity index (χ0) is 26.0. The Morgan fingerprint density at radius 1 is 1.06 bits per heavy atom. The average Bonchev–Trinajstić information content (AvgIpc) is 2.83. The maximum absolute atomic E-state index is 13.5. The molecule has 4 rings (SSSR count). The van der Waals surface area contributed by atoms with Crippen LogP contribution in [0.15, 0.2) is 60.2 Å². The molecule has 36 heavy (non-hydrogen) atoms. The lowest BCUT2D eigenvalue weighted by Crippen LogP contribution is -2.54. The Morgan fingerprint density at radius 2 is 1.81 bits per heavy atom. The molecule has 1 saturated heterocycles. The molecule has 11 heteroatoms. The van der Waals surface area contributed by atoms with Crippen molar-refractivity contribution in [2.75, 3.05) is 12.0 Å². The van der Waals surface area contributed by atoms with Crippen LogP contribution in [0.1, 0.15) is 11.1 Å². The van der Waals surface area contributed by atoms with Gasteiger partial charge in [0, 0.05) is 0 Å². The second-order valence-electron chi connectivity index (χ2n) is 7.48. The number of anilines is 1. The van der Waals surface area contributed by atoms with E-state index in [1.807, 2.05) is 0 Å². The van der Waals surface area contributed by atoms with Gasteiger partial charge in [-0.25, -0.2) is 4.39 Å². The summed E-state index contributed by atoms with van der Waals surface area (Å²) in [5, 5.41) is 2.83. The van der Waals surface area contributed by atoms with Gasteiger partial charge >= 0.3 is 0 Å². The predicted octanol–water partition coefficient (Wildman–Crippen LogP) is 6.20. The summed E-state index contributed by atoms with van der Waals surface area (Å²) >= 11 is 24.0. The highest BCUT2D eigenvalue weighted by Crippen LogP contribution is 2.38. The Hall–Kier alpha value is -3.17. The van der Waals surface area contributed by atoms with Gasteiger partial charge < -0.3 is 9.47 Å². The molecular formula is C25H16Cl3FN2O4S. The second-order valence-corrected chi connectivity index (χ2v) is 9.06. The highest BCUT2D eigenvalue weighted by Gasteiger charge is 2.35. The van der Waals surface area contributed by atoms with E-state index in [9.17, 15) is 14.0 Å². The zero-order valence-electron chi connectivity index (χ0n) is 18.5. The zero-order valence-corrected chi connectivity index (χ0v) is 21.6. The molecule has 0 aromatic heterocycles. The lowest BCUT2D eigenvalue weighted by atomic mass is 10.1. The van der Waals surface area contributed by atoms with Crippen molar-refractivity contribution in [3.63, 3.8) is 0 Å². The lowest BCUT2D eigenvalue weighted by Gasteiger charge is -2.29. The highest BCUT2D eigenvalue weighted by molar-refractivity contribution is 7.80. The van der Waals surface area contributed by atoms with E-state index in [2.05, 4.69) is 5.32 Å². The molecule has 1 N–H and O–H groups in total. The number of thiocarbonyl (C=S) groups is 1. The predicted molar refractivity (Wildman–Crippen MR) is 141 cm³/mol. The van der Waals surface area contributed by atoms with Gasteiger partial charge in [-0.3, -0.25) is 19.8 Å². The van der Waals surface area contributed by atoms with Crippen molar-refractivity contribution in [3.05, 3.63) is 92.2 Å². The quantitative estimate of drug-likeness (QED) is 0.219. The van der Waals surface area contributed by atoms with E-state index < -0.39 is 11.8 Å². The molecule has 1 aliphatic heterocycles. The SMILES string of the molecule is COc1cc(/C=C2\C(=O)NC(=S)N(c3cccc(Cl)c3Cl)C2=O)cc(Cl)c1OCc1cccc(F)c1. The Labute approximate surface area is 226 Å². The van der Waals surface area contributed by atoms with Crippen molar-refractivity contribution in [3.8, 4) is 11.5 Å². The van der Waals surface area contributed by atoms with Crippen LogP contribution in [0.4, 0.5) is 10.1 Å². The van der Waals surface area contributed by atoms with Crippen molar-refractivity contribution in [1.29, 1.82) is 0 Å². The first-order valence-corrected chi connectivity index (χ1v) is 11.8. The molecule has 3 aromatic carbocycles. The molecule has 1 aliphatic rings. The van der Waals surface area contributed by atoms with E-state index in [0.717, 1.165) is 4.90 Å². The molecule has 3 aromatic rings. The average molecular weight is 566 g/mol. The standard InChI is InChI=1S/C25H16Cl3FN2O4S/c1-34-20-11-14(10-18(27)22(20)35-12-13-4-2-5-15(29)8-13)9-16-23(32)30-25(36)31(24(16)33)19-7-3-6-17(26)21(19)28/h2-11H,12H2,1H3,(H,30,32,36)/b16-9+.